The van der Waals surface area contributed by atoms with Crippen molar-refractivity contribution in [2.24, 2.45) is 0 Å². The number of carbonyl (C=O) groups is 2. The molecule has 3 amide bonds. The zero-order valence-electron chi connectivity index (χ0n) is 18.9. The van der Waals surface area contributed by atoms with E-state index in [2.05, 4.69) is 5.32 Å². The lowest BCUT2D eigenvalue weighted by molar-refractivity contribution is -0.293. The van der Waals surface area contributed by atoms with Gasteiger partial charge < -0.3 is 24.6 Å². The van der Waals surface area contributed by atoms with Gasteiger partial charge in [0, 0.05) is 44.6 Å². The van der Waals surface area contributed by atoms with Gasteiger partial charge in [-0.15, -0.1) is 0 Å². The molecular weight excluding hydrogens is 503 g/mol. The van der Waals surface area contributed by atoms with Crippen molar-refractivity contribution in [3.63, 3.8) is 0 Å². The van der Waals surface area contributed by atoms with Crippen LogP contribution in [-0.4, -0.2) is 78.4 Å². The molecule has 3 aliphatic heterocycles. The van der Waals surface area contributed by atoms with E-state index < -0.39 is 66.4 Å². The Bertz CT molecular complexity index is 993. The second-order valence-electron chi connectivity index (χ2n) is 9.11. The van der Waals surface area contributed by atoms with Crippen molar-refractivity contribution in [1.82, 2.24) is 15.1 Å². The van der Waals surface area contributed by atoms with E-state index in [1.165, 1.54) is 9.80 Å². The van der Waals surface area contributed by atoms with Crippen LogP contribution in [0.2, 0.25) is 0 Å². The maximum atomic E-state index is 14.1. The molecule has 14 heteroatoms. The Morgan fingerprint density at radius 3 is 2.42 bits per heavy atom. The zero-order valence-corrected chi connectivity index (χ0v) is 18.9. The Hall–Kier alpha value is -2.61. The molecule has 36 heavy (non-hydrogen) atoms. The lowest BCUT2D eigenvalue weighted by Crippen LogP contribution is -2.63. The summed E-state index contributed by atoms with van der Waals surface area (Å²) in [4.78, 5) is 27.2. The summed E-state index contributed by atoms with van der Waals surface area (Å²) >= 11 is 0. The molecular formula is C22H24F7N3O4. The van der Waals surface area contributed by atoms with E-state index in [-0.39, 0.29) is 44.3 Å². The van der Waals surface area contributed by atoms with Gasteiger partial charge in [-0.05, 0) is 18.6 Å². The number of urea groups is 1. The third kappa shape index (κ3) is 5.38. The highest BCUT2D eigenvalue weighted by atomic mass is 19.4. The fourth-order valence-electron chi connectivity index (χ4n) is 4.70. The number of nitrogens with zero attached hydrogens (tertiary/aromatic N) is 2. The number of halogens is 7. The first-order valence-corrected chi connectivity index (χ1v) is 11.3. The van der Waals surface area contributed by atoms with Gasteiger partial charge in [0.1, 0.15) is 12.4 Å². The van der Waals surface area contributed by atoms with Crippen LogP contribution < -0.4 is 5.32 Å². The Morgan fingerprint density at radius 2 is 1.81 bits per heavy atom. The van der Waals surface area contributed by atoms with Gasteiger partial charge in [-0.1, -0.05) is 6.07 Å². The average Bonchev–Trinajstić information content (AvgIpc) is 2.81. The van der Waals surface area contributed by atoms with Crippen LogP contribution >= 0.6 is 0 Å². The van der Waals surface area contributed by atoms with Crippen LogP contribution in [-0.2, 0) is 27.1 Å². The molecule has 0 aliphatic carbocycles. The third-order valence-corrected chi connectivity index (χ3v) is 6.84. The number of hydrogen-bond acceptors (Lipinski definition) is 4. The molecule has 0 radical (unpaired) electrons. The average molecular weight is 527 g/mol. The molecule has 4 rings (SSSR count). The van der Waals surface area contributed by atoms with Gasteiger partial charge in [-0.3, -0.25) is 4.79 Å². The number of benzene rings is 1. The minimum atomic E-state index is -4.85. The standard InChI is InChI=1S/C22H24F7N3O4/c23-15-9-14(21(24,25)26)2-1-13(15)11-36-20(22(27,28)29)4-7-31(8-5-20)19(34)32-6-3-17-16(10-32)30-18(33)12-35-17/h1-2,9,16-17H,3-8,10-12H2,(H,30,33)/t16-,17+/m1/s1. The Labute approximate surface area is 201 Å². The highest BCUT2D eigenvalue weighted by Gasteiger charge is 2.57. The topological polar surface area (TPSA) is 71.1 Å². The summed E-state index contributed by atoms with van der Waals surface area (Å²) in [6, 6.07) is 0.663. The second-order valence-corrected chi connectivity index (χ2v) is 9.11. The van der Waals surface area contributed by atoms with E-state index in [0.717, 1.165) is 6.07 Å². The summed E-state index contributed by atoms with van der Waals surface area (Å²) in [6.45, 7) is -1.04. The van der Waals surface area contributed by atoms with E-state index in [1.54, 1.807) is 0 Å². The van der Waals surface area contributed by atoms with Crippen molar-refractivity contribution in [2.45, 2.75) is 56.0 Å². The summed E-state index contributed by atoms with van der Waals surface area (Å²) in [6.07, 6.45) is -10.7. The quantitative estimate of drug-likeness (QED) is 0.612. The monoisotopic (exact) mass is 527 g/mol. The number of piperidine rings is 2. The van der Waals surface area contributed by atoms with Gasteiger partial charge in [-0.2, -0.15) is 26.3 Å². The molecule has 3 aliphatic rings. The maximum Gasteiger partial charge on any atom is 0.417 e. The number of hydrogen-bond donors (Lipinski definition) is 1. The number of alkyl halides is 6. The number of fused-ring (bicyclic) bond motifs is 1. The molecule has 1 aromatic rings. The van der Waals surface area contributed by atoms with Gasteiger partial charge >= 0.3 is 18.4 Å². The minimum Gasteiger partial charge on any atom is -0.366 e. The number of rotatable bonds is 3. The summed E-state index contributed by atoms with van der Waals surface area (Å²) in [7, 11) is 0. The third-order valence-electron chi connectivity index (χ3n) is 6.84. The van der Waals surface area contributed by atoms with Gasteiger partial charge in [0.05, 0.1) is 24.3 Å². The molecule has 3 fully saturated rings. The molecule has 3 saturated heterocycles. The van der Waals surface area contributed by atoms with Crippen LogP contribution in [0.1, 0.15) is 30.4 Å². The largest absolute Gasteiger partial charge is 0.417 e. The molecule has 2 atom stereocenters. The van der Waals surface area contributed by atoms with Crippen molar-refractivity contribution in [3.8, 4) is 0 Å². The number of nitrogens with one attached hydrogen (secondary N) is 1. The van der Waals surface area contributed by atoms with Crippen molar-refractivity contribution in [1.29, 1.82) is 0 Å². The van der Waals surface area contributed by atoms with Crippen molar-refractivity contribution < 1.29 is 49.8 Å². The van der Waals surface area contributed by atoms with Crippen LogP contribution in [0, 0.1) is 5.82 Å². The SMILES string of the molecule is O=C1CO[C@H]2CCN(C(=O)N3CCC(OCc4ccc(C(F)(F)F)cc4F)(C(F)(F)F)CC3)C[C@H]2N1. The van der Waals surface area contributed by atoms with Gasteiger partial charge in [-0.25, -0.2) is 9.18 Å². The lowest BCUT2D eigenvalue weighted by Gasteiger charge is -2.46. The Balaban J connectivity index is 1.38. The molecule has 0 saturated carbocycles. The molecule has 1 aromatic carbocycles. The first-order chi connectivity index (χ1) is 16.8. The number of amides is 3. The van der Waals surface area contributed by atoms with E-state index in [0.29, 0.717) is 19.0 Å². The normalized spacial score (nSPS) is 24.8. The fourth-order valence-corrected chi connectivity index (χ4v) is 4.70. The van der Waals surface area contributed by atoms with Crippen LogP contribution in [0.15, 0.2) is 18.2 Å². The molecule has 0 bridgehead atoms. The minimum absolute atomic E-state index is 0.0584. The molecule has 7 nitrogen and oxygen atoms in total. The van der Waals surface area contributed by atoms with Crippen LogP contribution in [0.25, 0.3) is 0 Å². The molecule has 1 N–H and O–H groups in total. The van der Waals surface area contributed by atoms with E-state index in [9.17, 15) is 40.3 Å². The highest BCUT2D eigenvalue weighted by Crippen LogP contribution is 2.43. The first-order valence-electron chi connectivity index (χ1n) is 11.3. The summed E-state index contributed by atoms with van der Waals surface area (Å²) in [5.41, 5.74) is -4.38. The van der Waals surface area contributed by atoms with Crippen molar-refractivity contribution in [2.75, 3.05) is 32.8 Å². The Kier molecular flexibility index (Phi) is 7.12. The molecule has 0 unspecified atom stereocenters. The van der Waals surface area contributed by atoms with E-state index in [4.69, 9.17) is 9.47 Å². The summed E-state index contributed by atoms with van der Waals surface area (Å²) in [5.74, 6) is -1.63. The van der Waals surface area contributed by atoms with Crippen LogP contribution in [0.5, 0.6) is 0 Å². The smallest absolute Gasteiger partial charge is 0.366 e. The summed E-state index contributed by atoms with van der Waals surface area (Å²) in [5, 5.41) is 2.75. The summed E-state index contributed by atoms with van der Waals surface area (Å²) < 4.78 is 105. The number of ether oxygens (including phenoxy) is 2. The molecule has 200 valence electrons. The second kappa shape index (κ2) is 9.69. The first kappa shape index (κ1) is 26.5. The van der Waals surface area contributed by atoms with E-state index in [1.807, 2.05) is 0 Å². The van der Waals surface area contributed by atoms with Crippen LogP contribution in [0.4, 0.5) is 35.5 Å². The number of likely N-dealkylation sites (tertiary alicyclic amines) is 2. The van der Waals surface area contributed by atoms with Gasteiger partial charge in [0.2, 0.25) is 5.91 Å². The Morgan fingerprint density at radius 1 is 1.11 bits per heavy atom. The fraction of sp³-hybridized carbons (Fsp3) is 0.636. The van der Waals surface area contributed by atoms with Crippen molar-refractivity contribution in [3.05, 3.63) is 35.1 Å². The number of morpholine rings is 1. The van der Waals surface area contributed by atoms with Crippen molar-refractivity contribution >= 4 is 11.9 Å². The molecule has 0 aromatic heterocycles. The lowest BCUT2D eigenvalue weighted by atomic mass is 9.90. The predicted molar refractivity (Wildman–Crippen MR) is 109 cm³/mol. The van der Waals surface area contributed by atoms with E-state index >= 15 is 0 Å². The molecule has 0 spiro atoms. The van der Waals surface area contributed by atoms with Gasteiger partial charge in [0.25, 0.3) is 0 Å². The highest BCUT2D eigenvalue weighted by molar-refractivity contribution is 5.79. The molecule has 3 heterocycles. The van der Waals surface area contributed by atoms with Gasteiger partial charge in [0.15, 0.2) is 5.60 Å². The predicted octanol–water partition coefficient (Wildman–Crippen LogP) is 3.47. The van der Waals surface area contributed by atoms with Crippen LogP contribution in [0.3, 0.4) is 0 Å². The maximum absolute atomic E-state index is 14.1. The zero-order chi connectivity index (χ0) is 26.3. The number of carbonyl (C=O) groups excluding carboxylic acids is 2.